The lowest BCUT2D eigenvalue weighted by Crippen LogP contribution is -2.36. The smallest absolute Gasteiger partial charge is 0.240 e. The topological polar surface area (TPSA) is 106 Å². The van der Waals surface area contributed by atoms with E-state index in [0.717, 1.165) is 22.2 Å². The van der Waals surface area contributed by atoms with E-state index in [-0.39, 0.29) is 31.7 Å². The fourth-order valence-electron chi connectivity index (χ4n) is 3.86. The van der Waals surface area contributed by atoms with Crippen molar-refractivity contribution >= 4 is 63.5 Å². The van der Waals surface area contributed by atoms with Crippen LogP contribution in [0, 0.1) is 6.92 Å². The normalized spacial score (nSPS) is 11.0. The van der Waals surface area contributed by atoms with Crippen molar-refractivity contribution in [1.29, 1.82) is 0 Å². The molecule has 2 N–H and O–H groups in total. The van der Waals surface area contributed by atoms with Gasteiger partial charge in [0.1, 0.15) is 30.4 Å². The summed E-state index contributed by atoms with van der Waals surface area (Å²) < 4.78 is 11.5. The monoisotopic (exact) mass is 593 g/mol. The molecule has 11 heteroatoms. The maximum absolute atomic E-state index is 12.8. The first-order valence-electron chi connectivity index (χ1n) is 12.7. The summed E-state index contributed by atoms with van der Waals surface area (Å²) in [7, 11) is 1.64. The number of hydrogen-bond donors (Lipinski definition) is 2. The zero-order chi connectivity index (χ0) is 29.4. The summed E-state index contributed by atoms with van der Waals surface area (Å²) >= 11 is 13.2. The van der Waals surface area contributed by atoms with E-state index >= 15 is 0 Å². The number of benzene rings is 2. The largest absolute Gasteiger partial charge is 0.487 e. The van der Waals surface area contributed by atoms with Gasteiger partial charge >= 0.3 is 0 Å². The number of rotatable bonds is 11. The average molecular weight is 594 g/mol. The number of fused-ring (bicyclic) bond motifs is 1. The number of ether oxygens (including phenoxy) is 2. The fraction of sp³-hybridized carbons (Fsp3) is 0.200. The summed E-state index contributed by atoms with van der Waals surface area (Å²) in [6.45, 7) is 3.57. The molecule has 0 saturated carbocycles. The second-order valence-electron chi connectivity index (χ2n) is 9.08. The van der Waals surface area contributed by atoms with E-state index < -0.39 is 0 Å². The molecule has 2 heterocycles. The summed E-state index contributed by atoms with van der Waals surface area (Å²) in [5, 5.41) is 7.27. The number of pyridine rings is 2. The van der Waals surface area contributed by atoms with E-state index in [2.05, 4.69) is 20.6 Å². The summed E-state index contributed by atoms with van der Waals surface area (Å²) in [6.07, 6.45) is 4.81. The van der Waals surface area contributed by atoms with E-state index in [9.17, 15) is 9.59 Å². The molecule has 9 nitrogen and oxygen atoms in total. The lowest BCUT2D eigenvalue weighted by Gasteiger charge is -2.21. The van der Waals surface area contributed by atoms with Crippen LogP contribution in [0.5, 0.6) is 5.75 Å². The molecule has 41 heavy (non-hydrogen) atoms. The molecule has 0 aliphatic carbocycles. The van der Waals surface area contributed by atoms with Crippen LogP contribution >= 0.6 is 23.2 Å². The van der Waals surface area contributed by atoms with Gasteiger partial charge < -0.3 is 19.7 Å². The van der Waals surface area contributed by atoms with Crippen LogP contribution in [0.2, 0.25) is 10.0 Å². The van der Waals surface area contributed by atoms with Crippen LogP contribution < -0.4 is 20.3 Å². The number of nitrogens with one attached hydrogen (secondary N) is 2. The zero-order valence-corrected chi connectivity index (χ0v) is 24.3. The van der Waals surface area contributed by atoms with Crippen LogP contribution in [0.15, 0.2) is 67.1 Å². The highest BCUT2D eigenvalue weighted by Gasteiger charge is 2.19. The van der Waals surface area contributed by atoms with Gasteiger partial charge in [-0.2, -0.15) is 0 Å². The molecule has 0 spiro atoms. The molecule has 0 saturated heterocycles. The van der Waals surface area contributed by atoms with Gasteiger partial charge in [-0.05, 0) is 55.0 Å². The van der Waals surface area contributed by atoms with E-state index in [4.69, 9.17) is 32.7 Å². The van der Waals surface area contributed by atoms with Gasteiger partial charge in [-0.15, -0.1) is 0 Å². The molecule has 0 bridgehead atoms. The second kappa shape index (κ2) is 13.9. The van der Waals surface area contributed by atoms with Crippen molar-refractivity contribution in [3.05, 3.63) is 93.9 Å². The van der Waals surface area contributed by atoms with E-state index in [0.29, 0.717) is 32.9 Å². The number of halogens is 2. The molecule has 0 atom stereocenters. The predicted molar refractivity (Wildman–Crippen MR) is 162 cm³/mol. The van der Waals surface area contributed by atoms with Gasteiger partial charge in [0, 0.05) is 41.8 Å². The Balaban J connectivity index is 1.31. The lowest BCUT2D eigenvalue weighted by atomic mass is 10.1. The van der Waals surface area contributed by atoms with Crippen molar-refractivity contribution < 1.29 is 19.1 Å². The van der Waals surface area contributed by atoms with Crippen LogP contribution in [0.4, 0.5) is 11.5 Å². The second-order valence-corrected chi connectivity index (χ2v) is 9.86. The van der Waals surface area contributed by atoms with Gasteiger partial charge in [-0.3, -0.25) is 14.9 Å². The molecule has 0 aliphatic rings. The Kier molecular flexibility index (Phi) is 10.1. The van der Waals surface area contributed by atoms with Crippen LogP contribution in [0.3, 0.4) is 0 Å². The molecule has 0 fully saturated rings. The molecule has 2 aromatic heterocycles. The third kappa shape index (κ3) is 7.94. The first-order chi connectivity index (χ1) is 19.7. The molecule has 2 aromatic carbocycles. The fourth-order valence-corrected chi connectivity index (χ4v) is 4.47. The summed E-state index contributed by atoms with van der Waals surface area (Å²) in [5.74, 6) is 0.676. The number of anilines is 2. The quantitative estimate of drug-likeness (QED) is 0.125. The summed E-state index contributed by atoms with van der Waals surface area (Å²) in [6, 6.07) is 16.5. The Morgan fingerprint density at radius 3 is 2.66 bits per heavy atom. The van der Waals surface area contributed by atoms with Crippen LogP contribution in [0.1, 0.15) is 23.7 Å². The number of nitrogens with zero attached hydrogens (tertiary/aromatic N) is 3. The standard InChI is InChI=1S/C30H29Cl2N5O4/c1-19-7-9-22-5-4-6-26(30(22)35-19)41-17-23-24(31)10-11-25(29(23)32)37(3)28(39)16-33-18-40-14-13-21-8-12-27(34-15-21)36-20(2)38/h4-15,33H,16-18H2,1-3H3,(H,34,36,38)/b14-13+. The van der Waals surface area contributed by atoms with E-state index in [1.807, 2.05) is 37.3 Å². The summed E-state index contributed by atoms with van der Waals surface area (Å²) in [5.41, 5.74) is 3.50. The van der Waals surface area contributed by atoms with Gasteiger partial charge in [0.05, 0.1) is 23.5 Å². The first kappa shape index (κ1) is 29.8. The minimum absolute atomic E-state index is 0.0170. The molecular weight excluding hydrogens is 565 g/mol. The van der Waals surface area contributed by atoms with Gasteiger partial charge in [0.2, 0.25) is 11.8 Å². The highest BCUT2D eigenvalue weighted by Crippen LogP contribution is 2.35. The molecule has 0 aliphatic heterocycles. The van der Waals surface area contributed by atoms with Crippen molar-refractivity contribution in [2.45, 2.75) is 20.5 Å². The maximum Gasteiger partial charge on any atom is 0.240 e. The number of aromatic nitrogens is 2. The van der Waals surface area contributed by atoms with Crippen molar-refractivity contribution in [2.75, 3.05) is 30.5 Å². The molecule has 0 radical (unpaired) electrons. The number of likely N-dealkylation sites (N-methyl/N-ethyl adjacent to an activating group) is 1. The molecule has 4 rings (SSSR count). The maximum atomic E-state index is 12.8. The van der Waals surface area contributed by atoms with Crippen LogP contribution in [-0.4, -0.2) is 42.1 Å². The Bertz CT molecular complexity index is 1580. The average Bonchev–Trinajstić information content (AvgIpc) is 2.95. The Morgan fingerprint density at radius 2 is 1.90 bits per heavy atom. The van der Waals surface area contributed by atoms with Crippen LogP contribution in [-0.2, 0) is 20.9 Å². The molecule has 4 aromatic rings. The number of para-hydroxylation sites is 1. The zero-order valence-electron chi connectivity index (χ0n) is 22.8. The SMILES string of the molecule is CC(=O)Nc1ccc(/C=C/OCNCC(=O)N(C)c2ccc(Cl)c(COc3cccc4ccc(C)nc34)c2Cl)cn1. The molecule has 2 amide bonds. The van der Waals surface area contributed by atoms with E-state index in [1.54, 1.807) is 43.6 Å². The van der Waals surface area contributed by atoms with Crippen molar-refractivity contribution in [3.8, 4) is 5.75 Å². The highest BCUT2D eigenvalue weighted by atomic mass is 35.5. The molecular formula is C30H29Cl2N5O4. The number of aryl methyl sites for hydroxylation is 1. The third-order valence-corrected chi connectivity index (χ3v) is 6.78. The van der Waals surface area contributed by atoms with Gasteiger partial charge in [0.15, 0.2) is 0 Å². The molecule has 212 valence electrons. The Morgan fingerprint density at radius 1 is 1.07 bits per heavy atom. The predicted octanol–water partition coefficient (Wildman–Crippen LogP) is 5.98. The summed E-state index contributed by atoms with van der Waals surface area (Å²) in [4.78, 5) is 34.1. The van der Waals surface area contributed by atoms with Gasteiger partial charge in [0.25, 0.3) is 0 Å². The Labute approximate surface area is 248 Å². The number of hydrogen-bond acceptors (Lipinski definition) is 7. The lowest BCUT2D eigenvalue weighted by molar-refractivity contribution is -0.117. The van der Waals surface area contributed by atoms with Crippen molar-refractivity contribution in [2.24, 2.45) is 0 Å². The third-order valence-electron chi connectivity index (χ3n) is 6.00. The first-order valence-corrected chi connectivity index (χ1v) is 13.4. The number of carbonyl (C=O) groups is 2. The number of carbonyl (C=O) groups excluding carboxylic acids is 2. The minimum Gasteiger partial charge on any atom is -0.487 e. The van der Waals surface area contributed by atoms with Crippen molar-refractivity contribution in [3.63, 3.8) is 0 Å². The minimum atomic E-state index is -0.222. The number of amides is 2. The van der Waals surface area contributed by atoms with Crippen molar-refractivity contribution in [1.82, 2.24) is 15.3 Å². The van der Waals surface area contributed by atoms with E-state index in [1.165, 1.54) is 18.1 Å². The van der Waals surface area contributed by atoms with Crippen LogP contribution in [0.25, 0.3) is 17.0 Å². The highest BCUT2D eigenvalue weighted by molar-refractivity contribution is 6.38. The molecule has 0 unspecified atom stereocenters. The van der Waals surface area contributed by atoms with Gasteiger partial charge in [-0.25, -0.2) is 9.97 Å². The van der Waals surface area contributed by atoms with Gasteiger partial charge in [-0.1, -0.05) is 41.4 Å². The Hall–Kier alpha value is -4.18.